The molecular formula is C17H19NO3. The third-order valence-electron chi connectivity index (χ3n) is 3.25. The molecule has 2 aromatic rings. The van der Waals surface area contributed by atoms with Gasteiger partial charge in [0.15, 0.2) is 6.10 Å². The molecule has 0 saturated heterocycles. The normalized spacial score (nSPS) is 11.9. The van der Waals surface area contributed by atoms with Gasteiger partial charge in [-0.15, -0.1) is 0 Å². The van der Waals surface area contributed by atoms with Gasteiger partial charge in [0.1, 0.15) is 0 Å². The van der Waals surface area contributed by atoms with Crippen molar-refractivity contribution >= 4 is 5.91 Å². The van der Waals surface area contributed by atoms with Crippen LogP contribution in [0.4, 0.5) is 0 Å². The third-order valence-corrected chi connectivity index (χ3v) is 3.25. The first-order chi connectivity index (χ1) is 10.2. The topological polar surface area (TPSA) is 60.8 Å². The summed E-state index contributed by atoms with van der Waals surface area (Å²) in [6.07, 6.45) is -1.21. The van der Waals surface area contributed by atoms with E-state index in [1.165, 1.54) is 4.90 Å². The van der Waals surface area contributed by atoms with Gasteiger partial charge in [-0.3, -0.25) is 4.79 Å². The quantitative estimate of drug-likeness (QED) is 0.850. The Labute approximate surface area is 124 Å². The Morgan fingerprint density at radius 2 is 1.57 bits per heavy atom. The van der Waals surface area contributed by atoms with Crippen LogP contribution in [0, 0.1) is 0 Å². The molecule has 0 aliphatic rings. The summed E-state index contributed by atoms with van der Waals surface area (Å²) >= 11 is 0. The second-order valence-electron chi connectivity index (χ2n) is 4.78. The molecule has 0 saturated carbocycles. The van der Waals surface area contributed by atoms with Gasteiger partial charge in [0.25, 0.3) is 5.91 Å². The largest absolute Gasteiger partial charge is 0.395 e. The number of carbonyl (C=O) groups excluding carboxylic acids is 1. The number of amides is 1. The monoisotopic (exact) mass is 285 g/mol. The highest BCUT2D eigenvalue weighted by atomic mass is 16.3. The Balaban J connectivity index is 2.12. The van der Waals surface area contributed by atoms with E-state index in [-0.39, 0.29) is 13.2 Å². The van der Waals surface area contributed by atoms with Gasteiger partial charge in [-0.2, -0.15) is 0 Å². The Hall–Kier alpha value is -2.17. The maximum absolute atomic E-state index is 12.4. The smallest absolute Gasteiger partial charge is 0.256 e. The van der Waals surface area contributed by atoms with Crippen molar-refractivity contribution in [2.24, 2.45) is 0 Å². The predicted molar refractivity (Wildman–Crippen MR) is 80.3 cm³/mol. The first-order valence-corrected chi connectivity index (χ1v) is 6.89. The average molecular weight is 285 g/mol. The summed E-state index contributed by atoms with van der Waals surface area (Å²) in [6, 6.07) is 18.3. The molecule has 4 heteroatoms. The highest BCUT2D eigenvalue weighted by Crippen LogP contribution is 2.17. The summed E-state index contributed by atoms with van der Waals surface area (Å²) in [5.41, 5.74) is 1.51. The van der Waals surface area contributed by atoms with Crippen molar-refractivity contribution < 1.29 is 15.0 Å². The van der Waals surface area contributed by atoms with Crippen LogP contribution in [-0.2, 0) is 11.3 Å². The summed E-state index contributed by atoms with van der Waals surface area (Å²) in [6.45, 7) is 0.418. The van der Waals surface area contributed by atoms with E-state index < -0.39 is 12.0 Å². The average Bonchev–Trinajstić information content (AvgIpc) is 2.55. The van der Waals surface area contributed by atoms with Crippen LogP contribution in [-0.4, -0.2) is 34.2 Å². The third kappa shape index (κ3) is 4.15. The lowest BCUT2D eigenvalue weighted by atomic mass is 10.1. The molecule has 21 heavy (non-hydrogen) atoms. The number of nitrogens with zero attached hydrogens (tertiary/aromatic N) is 1. The van der Waals surface area contributed by atoms with Crippen molar-refractivity contribution in [3.8, 4) is 0 Å². The number of carbonyl (C=O) groups is 1. The fourth-order valence-corrected chi connectivity index (χ4v) is 2.14. The van der Waals surface area contributed by atoms with E-state index in [2.05, 4.69) is 0 Å². The fourth-order valence-electron chi connectivity index (χ4n) is 2.14. The number of aliphatic hydroxyl groups excluding tert-OH is 2. The first kappa shape index (κ1) is 15.2. The summed E-state index contributed by atoms with van der Waals surface area (Å²) in [4.78, 5) is 13.9. The number of rotatable bonds is 6. The van der Waals surface area contributed by atoms with E-state index in [1.807, 2.05) is 36.4 Å². The SMILES string of the molecule is O=C(C(O)c1ccccc1)N(CCO)Cc1ccccc1. The lowest BCUT2D eigenvalue weighted by Crippen LogP contribution is -2.36. The zero-order valence-electron chi connectivity index (χ0n) is 11.7. The molecule has 2 N–H and O–H groups in total. The zero-order chi connectivity index (χ0) is 15.1. The van der Waals surface area contributed by atoms with Crippen LogP contribution >= 0.6 is 0 Å². The van der Waals surface area contributed by atoms with Crippen molar-refractivity contribution in [2.45, 2.75) is 12.6 Å². The van der Waals surface area contributed by atoms with E-state index >= 15 is 0 Å². The highest BCUT2D eigenvalue weighted by molar-refractivity contribution is 5.82. The van der Waals surface area contributed by atoms with Crippen LogP contribution < -0.4 is 0 Å². The van der Waals surface area contributed by atoms with E-state index in [0.29, 0.717) is 12.1 Å². The fraction of sp³-hybridized carbons (Fsp3) is 0.235. The summed E-state index contributed by atoms with van der Waals surface area (Å²) in [5, 5.41) is 19.3. The Morgan fingerprint density at radius 1 is 1.00 bits per heavy atom. The van der Waals surface area contributed by atoms with Gasteiger partial charge in [0.2, 0.25) is 0 Å². The first-order valence-electron chi connectivity index (χ1n) is 6.89. The molecule has 110 valence electrons. The molecule has 0 fully saturated rings. The van der Waals surface area contributed by atoms with Gasteiger partial charge in [-0.1, -0.05) is 60.7 Å². The van der Waals surface area contributed by atoms with Gasteiger partial charge in [-0.25, -0.2) is 0 Å². The second-order valence-corrected chi connectivity index (χ2v) is 4.78. The lowest BCUT2D eigenvalue weighted by molar-refractivity contribution is -0.141. The minimum Gasteiger partial charge on any atom is -0.395 e. The minimum absolute atomic E-state index is 0.139. The van der Waals surface area contributed by atoms with Crippen molar-refractivity contribution in [2.75, 3.05) is 13.2 Å². The Morgan fingerprint density at radius 3 is 2.14 bits per heavy atom. The zero-order valence-corrected chi connectivity index (χ0v) is 11.7. The van der Waals surface area contributed by atoms with Crippen molar-refractivity contribution in [3.63, 3.8) is 0 Å². The van der Waals surface area contributed by atoms with Crippen LogP contribution in [0.25, 0.3) is 0 Å². The molecule has 0 spiro atoms. The molecule has 0 aliphatic heterocycles. The lowest BCUT2D eigenvalue weighted by Gasteiger charge is -2.24. The van der Waals surface area contributed by atoms with Crippen LogP contribution in [0.15, 0.2) is 60.7 Å². The van der Waals surface area contributed by atoms with E-state index in [4.69, 9.17) is 5.11 Å². The standard InChI is InChI=1S/C17H19NO3/c19-12-11-18(13-14-7-3-1-4-8-14)17(21)16(20)15-9-5-2-6-10-15/h1-10,16,19-20H,11-13H2. The van der Waals surface area contributed by atoms with Gasteiger partial charge < -0.3 is 15.1 Å². The number of hydrogen-bond donors (Lipinski definition) is 2. The molecule has 0 heterocycles. The van der Waals surface area contributed by atoms with Gasteiger partial charge in [-0.05, 0) is 11.1 Å². The molecule has 1 unspecified atom stereocenters. The van der Waals surface area contributed by atoms with E-state index in [9.17, 15) is 9.90 Å². The second kappa shape index (κ2) is 7.57. The van der Waals surface area contributed by atoms with Crippen LogP contribution in [0.2, 0.25) is 0 Å². The van der Waals surface area contributed by atoms with E-state index in [1.54, 1.807) is 24.3 Å². The number of aliphatic hydroxyl groups is 2. The molecule has 1 amide bonds. The highest BCUT2D eigenvalue weighted by Gasteiger charge is 2.23. The van der Waals surface area contributed by atoms with Crippen molar-refractivity contribution in [1.29, 1.82) is 0 Å². The van der Waals surface area contributed by atoms with Crippen molar-refractivity contribution in [3.05, 3.63) is 71.8 Å². The molecule has 0 bridgehead atoms. The minimum atomic E-state index is -1.21. The summed E-state index contributed by atoms with van der Waals surface area (Å²) in [5.74, 6) is -0.404. The molecule has 4 nitrogen and oxygen atoms in total. The Bertz CT molecular complexity index is 557. The van der Waals surface area contributed by atoms with Gasteiger partial charge in [0, 0.05) is 13.1 Å². The molecule has 1 atom stereocenters. The summed E-state index contributed by atoms with van der Waals surface area (Å²) < 4.78 is 0. The van der Waals surface area contributed by atoms with Crippen LogP contribution in [0.1, 0.15) is 17.2 Å². The maximum atomic E-state index is 12.4. The molecular weight excluding hydrogens is 266 g/mol. The van der Waals surface area contributed by atoms with Crippen LogP contribution in [0.5, 0.6) is 0 Å². The molecule has 2 rings (SSSR count). The molecule has 2 aromatic carbocycles. The molecule has 0 aromatic heterocycles. The van der Waals surface area contributed by atoms with Crippen LogP contribution in [0.3, 0.4) is 0 Å². The predicted octanol–water partition coefficient (Wildman–Crippen LogP) is 1.74. The molecule has 0 radical (unpaired) electrons. The summed E-state index contributed by atoms with van der Waals surface area (Å²) in [7, 11) is 0. The number of benzene rings is 2. The molecule has 0 aliphatic carbocycles. The van der Waals surface area contributed by atoms with Crippen molar-refractivity contribution in [1.82, 2.24) is 4.90 Å². The maximum Gasteiger partial charge on any atom is 0.256 e. The van der Waals surface area contributed by atoms with E-state index in [0.717, 1.165) is 5.56 Å². The van der Waals surface area contributed by atoms with Gasteiger partial charge >= 0.3 is 0 Å². The Kier molecular flexibility index (Phi) is 5.49. The van der Waals surface area contributed by atoms with Gasteiger partial charge in [0.05, 0.1) is 6.61 Å². The number of hydrogen-bond acceptors (Lipinski definition) is 3.